The lowest BCUT2D eigenvalue weighted by Gasteiger charge is -2.13. The minimum Gasteiger partial charge on any atom is -0.476 e. The standard InChI is InChI=1S/C9H12O3/c10-8(9(11)12)6-7-4-2-1-3-5-7/h2,4,7H,1,3,5-6H2,(H,11,12)/t7-/m0/s1. The molecule has 0 aromatic rings. The molecule has 0 aromatic heterocycles. The van der Waals surface area contributed by atoms with Crippen molar-refractivity contribution >= 4 is 11.8 Å². The molecule has 0 unspecified atom stereocenters. The van der Waals surface area contributed by atoms with Gasteiger partial charge in [0.05, 0.1) is 0 Å². The molecule has 0 saturated carbocycles. The van der Waals surface area contributed by atoms with Crippen LogP contribution in [0.5, 0.6) is 0 Å². The van der Waals surface area contributed by atoms with Crippen molar-refractivity contribution in [3.05, 3.63) is 12.2 Å². The van der Waals surface area contributed by atoms with Gasteiger partial charge in [-0.25, -0.2) is 4.79 Å². The predicted molar refractivity (Wildman–Crippen MR) is 43.7 cm³/mol. The van der Waals surface area contributed by atoms with Gasteiger partial charge in [0.15, 0.2) is 0 Å². The van der Waals surface area contributed by atoms with E-state index in [-0.39, 0.29) is 12.3 Å². The zero-order valence-electron chi connectivity index (χ0n) is 6.82. The fourth-order valence-corrected chi connectivity index (χ4v) is 1.38. The Balaban J connectivity index is 2.40. The number of ketones is 1. The maximum Gasteiger partial charge on any atom is 0.372 e. The van der Waals surface area contributed by atoms with E-state index in [1.165, 1.54) is 0 Å². The molecule has 1 aliphatic carbocycles. The summed E-state index contributed by atoms with van der Waals surface area (Å²) in [6.45, 7) is 0. The average Bonchev–Trinajstić information content (AvgIpc) is 2.06. The third kappa shape index (κ3) is 2.49. The SMILES string of the molecule is O=C(O)C(=O)C[C@H]1C=CCCC1. The van der Waals surface area contributed by atoms with Crippen molar-refractivity contribution in [2.75, 3.05) is 0 Å². The normalized spacial score (nSPS) is 22.2. The van der Waals surface area contributed by atoms with Crippen LogP contribution in [0.3, 0.4) is 0 Å². The van der Waals surface area contributed by atoms with E-state index in [1.807, 2.05) is 12.2 Å². The Bertz CT molecular complexity index is 218. The molecule has 0 aromatic carbocycles. The van der Waals surface area contributed by atoms with Gasteiger partial charge in [0.2, 0.25) is 5.78 Å². The van der Waals surface area contributed by atoms with Gasteiger partial charge in [-0.15, -0.1) is 0 Å². The van der Waals surface area contributed by atoms with Crippen LogP contribution in [0.4, 0.5) is 0 Å². The van der Waals surface area contributed by atoms with Crippen molar-refractivity contribution in [3.8, 4) is 0 Å². The first-order valence-corrected chi connectivity index (χ1v) is 4.13. The highest BCUT2D eigenvalue weighted by Gasteiger charge is 2.17. The van der Waals surface area contributed by atoms with Gasteiger partial charge in [0.25, 0.3) is 0 Å². The molecule has 0 spiro atoms. The van der Waals surface area contributed by atoms with Gasteiger partial charge in [0, 0.05) is 6.42 Å². The number of carboxylic acid groups (broad SMARTS) is 1. The third-order valence-electron chi connectivity index (χ3n) is 2.04. The lowest BCUT2D eigenvalue weighted by molar-refractivity contribution is -0.149. The van der Waals surface area contributed by atoms with Gasteiger partial charge in [-0.2, -0.15) is 0 Å². The van der Waals surface area contributed by atoms with Crippen LogP contribution in [-0.4, -0.2) is 16.9 Å². The van der Waals surface area contributed by atoms with Crippen LogP contribution >= 0.6 is 0 Å². The molecule has 66 valence electrons. The van der Waals surface area contributed by atoms with Gasteiger partial charge in [0.1, 0.15) is 0 Å². The average molecular weight is 168 g/mol. The fourth-order valence-electron chi connectivity index (χ4n) is 1.38. The van der Waals surface area contributed by atoms with Crippen molar-refractivity contribution in [1.29, 1.82) is 0 Å². The number of carbonyl (C=O) groups excluding carboxylic acids is 1. The second kappa shape index (κ2) is 4.04. The Morgan fingerprint density at radius 1 is 1.50 bits per heavy atom. The molecule has 3 heteroatoms. The molecule has 1 aliphatic rings. The van der Waals surface area contributed by atoms with Gasteiger partial charge >= 0.3 is 5.97 Å². The van der Waals surface area contributed by atoms with Crippen LogP contribution in [0.15, 0.2) is 12.2 Å². The van der Waals surface area contributed by atoms with Crippen LogP contribution in [0.25, 0.3) is 0 Å². The second-order valence-electron chi connectivity index (χ2n) is 3.05. The summed E-state index contributed by atoms with van der Waals surface area (Å²) in [6, 6.07) is 0. The molecule has 0 saturated heterocycles. The van der Waals surface area contributed by atoms with Crippen molar-refractivity contribution in [2.45, 2.75) is 25.7 Å². The van der Waals surface area contributed by atoms with Crippen molar-refractivity contribution in [3.63, 3.8) is 0 Å². The molecule has 1 rings (SSSR count). The minimum absolute atomic E-state index is 0.155. The Morgan fingerprint density at radius 2 is 2.25 bits per heavy atom. The summed E-state index contributed by atoms with van der Waals surface area (Å²) < 4.78 is 0. The number of hydrogen-bond acceptors (Lipinski definition) is 2. The lowest BCUT2D eigenvalue weighted by atomic mass is 9.91. The molecule has 0 aliphatic heterocycles. The number of hydrogen-bond donors (Lipinski definition) is 1. The number of carbonyl (C=O) groups is 2. The topological polar surface area (TPSA) is 54.4 Å². The quantitative estimate of drug-likeness (QED) is 0.511. The summed E-state index contributed by atoms with van der Waals surface area (Å²) in [7, 11) is 0. The van der Waals surface area contributed by atoms with Gasteiger partial charge in [-0.3, -0.25) is 4.79 Å². The predicted octanol–water partition coefficient (Wildman–Crippen LogP) is 1.39. The number of Topliss-reactive ketones (excluding diaryl/α,β-unsaturated/α-hetero) is 1. The summed E-state index contributed by atoms with van der Waals surface area (Å²) in [6.07, 6.45) is 7.18. The fraction of sp³-hybridized carbons (Fsp3) is 0.556. The van der Waals surface area contributed by atoms with E-state index in [9.17, 15) is 9.59 Å². The van der Waals surface area contributed by atoms with Crippen molar-refractivity contribution < 1.29 is 14.7 Å². The van der Waals surface area contributed by atoms with E-state index >= 15 is 0 Å². The maximum absolute atomic E-state index is 10.8. The molecule has 3 nitrogen and oxygen atoms in total. The van der Waals surface area contributed by atoms with Crippen LogP contribution in [-0.2, 0) is 9.59 Å². The number of carboxylic acids is 1. The number of allylic oxidation sites excluding steroid dienone is 2. The van der Waals surface area contributed by atoms with Crippen molar-refractivity contribution in [1.82, 2.24) is 0 Å². The summed E-state index contributed by atoms with van der Waals surface area (Å²) in [5.41, 5.74) is 0. The Morgan fingerprint density at radius 3 is 2.75 bits per heavy atom. The Kier molecular flexibility index (Phi) is 3.02. The molecule has 1 atom stereocenters. The molecule has 0 fully saturated rings. The molecule has 0 amide bonds. The summed E-state index contributed by atoms with van der Waals surface area (Å²) >= 11 is 0. The van der Waals surface area contributed by atoms with E-state index in [2.05, 4.69) is 0 Å². The first kappa shape index (κ1) is 8.97. The highest BCUT2D eigenvalue weighted by atomic mass is 16.4. The maximum atomic E-state index is 10.8. The second-order valence-corrected chi connectivity index (χ2v) is 3.05. The van der Waals surface area contributed by atoms with E-state index in [1.54, 1.807) is 0 Å². The van der Waals surface area contributed by atoms with Crippen LogP contribution in [0.2, 0.25) is 0 Å². The van der Waals surface area contributed by atoms with E-state index in [0.717, 1.165) is 19.3 Å². The molecular formula is C9H12O3. The minimum atomic E-state index is -1.31. The highest BCUT2D eigenvalue weighted by Crippen LogP contribution is 2.20. The van der Waals surface area contributed by atoms with Gasteiger partial charge in [-0.1, -0.05) is 12.2 Å². The van der Waals surface area contributed by atoms with Gasteiger partial charge in [-0.05, 0) is 25.2 Å². The molecule has 0 bridgehead atoms. The Labute approximate surface area is 71.1 Å². The van der Waals surface area contributed by atoms with Crippen LogP contribution < -0.4 is 0 Å². The monoisotopic (exact) mass is 168 g/mol. The van der Waals surface area contributed by atoms with Gasteiger partial charge < -0.3 is 5.11 Å². The molecule has 1 N–H and O–H groups in total. The zero-order valence-corrected chi connectivity index (χ0v) is 6.82. The van der Waals surface area contributed by atoms with E-state index < -0.39 is 11.8 Å². The summed E-state index contributed by atoms with van der Waals surface area (Å²) in [4.78, 5) is 21.0. The van der Waals surface area contributed by atoms with Crippen molar-refractivity contribution in [2.24, 2.45) is 5.92 Å². The van der Waals surface area contributed by atoms with Crippen LogP contribution in [0, 0.1) is 5.92 Å². The third-order valence-corrected chi connectivity index (χ3v) is 2.04. The number of rotatable bonds is 3. The molecular weight excluding hydrogens is 156 g/mol. The summed E-state index contributed by atoms with van der Waals surface area (Å²) in [5.74, 6) is -1.83. The lowest BCUT2D eigenvalue weighted by Crippen LogP contribution is -2.17. The largest absolute Gasteiger partial charge is 0.476 e. The Hall–Kier alpha value is -1.12. The van der Waals surface area contributed by atoms with Crippen LogP contribution in [0.1, 0.15) is 25.7 Å². The number of aliphatic carboxylic acids is 1. The smallest absolute Gasteiger partial charge is 0.372 e. The van der Waals surface area contributed by atoms with E-state index in [0.29, 0.717) is 0 Å². The molecule has 0 radical (unpaired) electrons. The first-order valence-electron chi connectivity index (χ1n) is 4.13. The molecule has 12 heavy (non-hydrogen) atoms. The summed E-state index contributed by atoms with van der Waals surface area (Å²) in [5, 5.41) is 8.34. The van der Waals surface area contributed by atoms with E-state index in [4.69, 9.17) is 5.11 Å². The zero-order chi connectivity index (χ0) is 8.97. The highest BCUT2D eigenvalue weighted by molar-refractivity contribution is 6.32. The first-order chi connectivity index (χ1) is 5.70. The molecule has 0 heterocycles.